The zero-order valence-electron chi connectivity index (χ0n) is 21.1. The number of nitrogens with zero attached hydrogens (tertiary/aromatic N) is 3. The smallest absolute Gasteiger partial charge is 0.368 e. The maximum Gasteiger partial charge on any atom is 0.416 e. The van der Waals surface area contributed by atoms with Crippen molar-refractivity contribution in [1.82, 2.24) is 9.21 Å². The predicted molar refractivity (Wildman–Crippen MR) is 140 cm³/mol. The minimum atomic E-state index is -4.43. The van der Waals surface area contributed by atoms with Crippen LogP contribution in [0, 0.1) is 6.92 Å². The second-order valence-electron chi connectivity index (χ2n) is 9.30. The minimum absolute atomic E-state index is 0.123. The predicted octanol–water partition coefficient (Wildman–Crippen LogP) is 4.60. The average molecular weight is 546 g/mol. The Morgan fingerprint density at radius 3 is 2.18 bits per heavy atom. The molecule has 3 aromatic rings. The van der Waals surface area contributed by atoms with Gasteiger partial charge in [-0.25, -0.2) is 8.42 Å². The maximum atomic E-state index is 13.5. The number of hydrogen-bond acceptors (Lipinski definition) is 4. The van der Waals surface area contributed by atoms with Crippen molar-refractivity contribution in [3.63, 3.8) is 0 Å². The third-order valence-electron chi connectivity index (χ3n) is 6.63. The number of hydrogen-bond donors (Lipinski definition) is 0. The summed E-state index contributed by atoms with van der Waals surface area (Å²) in [5, 5.41) is 0. The van der Waals surface area contributed by atoms with Gasteiger partial charge >= 0.3 is 6.18 Å². The number of alkyl halides is 3. The van der Waals surface area contributed by atoms with Gasteiger partial charge in [-0.05, 0) is 49.2 Å². The highest BCUT2D eigenvalue weighted by Crippen LogP contribution is 2.32. The van der Waals surface area contributed by atoms with Gasteiger partial charge in [-0.1, -0.05) is 54.1 Å². The van der Waals surface area contributed by atoms with E-state index in [9.17, 15) is 26.4 Å². The fourth-order valence-corrected chi connectivity index (χ4v) is 5.78. The first-order chi connectivity index (χ1) is 18.0. The quantitative estimate of drug-likeness (QED) is 0.415. The molecule has 1 saturated heterocycles. The molecule has 202 valence electrons. The number of anilines is 1. The number of carbonyl (C=O) groups is 1. The Morgan fingerprint density at radius 1 is 0.895 bits per heavy atom. The lowest BCUT2D eigenvalue weighted by Gasteiger charge is -2.37. The molecule has 0 aromatic heterocycles. The third-order valence-corrected chi connectivity index (χ3v) is 8.49. The summed E-state index contributed by atoms with van der Waals surface area (Å²) in [6.07, 6.45) is -3.98. The van der Waals surface area contributed by atoms with Crippen molar-refractivity contribution in [2.75, 3.05) is 44.2 Å². The lowest BCUT2D eigenvalue weighted by Crippen LogP contribution is -2.52. The number of rotatable bonds is 8. The molecule has 0 N–H and O–H groups in total. The number of aryl methyl sites for hydroxylation is 1. The topological polar surface area (TPSA) is 60.9 Å². The Balaban J connectivity index is 1.45. The van der Waals surface area contributed by atoms with Gasteiger partial charge in [-0.2, -0.15) is 17.5 Å². The lowest BCUT2D eigenvalue weighted by atomic mass is 10.1. The SMILES string of the molecule is Cc1ccc(S(=O)(=O)N(CCc2ccccc2)CC(=O)N2CCN(c3cccc(C(F)(F)F)c3)CC2)cc1. The van der Waals surface area contributed by atoms with Crippen LogP contribution < -0.4 is 4.90 Å². The number of piperazine rings is 1. The molecule has 0 unspecified atom stereocenters. The molecule has 0 spiro atoms. The van der Waals surface area contributed by atoms with Crippen LogP contribution in [0.3, 0.4) is 0 Å². The van der Waals surface area contributed by atoms with Crippen LogP contribution in [0.4, 0.5) is 18.9 Å². The molecule has 10 heteroatoms. The summed E-state index contributed by atoms with van der Waals surface area (Å²) in [5.41, 5.74) is 1.61. The van der Waals surface area contributed by atoms with E-state index in [4.69, 9.17) is 0 Å². The van der Waals surface area contributed by atoms with E-state index in [1.54, 1.807) is 40.1 Å². The fourth-order valence-electron chi connectivity index (χ4n) is 4.39. The molecule has 0 bridgehead atoms. The van der Waals surface area contributed by atoms with Crippen molar-refractivity contribution in [3.8, 4) is 0 Å². The molecule has 0 radical (unpaired) electrons. The second kappa shape index (κ2) is 11.6. The van der Waals surface area contributed by atoms with Gasteiger partial charge in [0, 0.05) is 38.4 Å². The largest absolute Gasteiger partial charge is 0.416 e. The Bertz CT molecular complexity index is 1340. The van der Waals surface area contributed by atoms with Crippen molar-refractivity contribution in [1.29, 1.82) is 0 Å². The van der Waals surface area contributed by atoms with E-state index < -0.39 is 21.8 Å². The number of halogens is 3. The Labute approximate surface area is 221 Å². The third kappa shape index (κ3) is 6.73. The number of benzene rings is 3. The molecule has 6 nitrogen and oxygen atoms in total. The molecule has 1 heterocycles. The molecule has 1 fully saturated rings. The summed E-state index contributed by atoms with van der Waals surface area (Å²) in [5.74, 6) is -0.336. The highest BCUT2D eigenvalue weighted by atomic mass is 32.2. The van der Waals surface area contributed by atoms with Crippen molar-refractivity contribution < 1.29 is 26.4 Å². The van der Waals surface area contributed by atoms with Crippen LogP contribution in [-0.4, -0.2) is 62.8 Å². The molecule has 0 saturated carbocycles. The van der Waals surface area contributed by atoms with Gasteiger partial charge in [0.25, 0.3) is 0 Å². The van der Waals surface area contributed by atoms with Crippen molar-refractivity contribution in [2.45, 2.75) is 24.4 Å². The second-order valence-corrected chi connectivity index (χ2v) is 11.2. The Kier molecular flexibility index (Phi) is 8.42. The van der Waals surface area contributed by atoms with E-state index in [1.165, 1.54) is 10.4 Å². The van der Waals surface area contributed by atoms with Crippen LogP contribution in [0.15, 0.2) is 83.8 Å². The van der Waals surface area contributed by atoms with Crippen LogP contribution in [-0.2, 0) is 27.4 Å². The molecule has 1 aliphatic rings. The van der Waals surface area contributed by atoms with Crippen LogP contribution >= 0.6 is 0 Å². The average Bonchev–Trinajstić information content (AvgIpc) is 2.91. The standard InChI is InChI=1S/C28H30F3N3O3S/c1-22-10-12-26(13-11-22)38(36,37)34(15-14-23-6-3-2-4-7-23)21-27(35)33-18-16-32(17-19-33)25-9-5-8-24(20-25)28(29,30)31/h2-13,20H,14-19,21H2,1H3. The summed E-state index contributed by atoms with van der Waals surface area (Å²) >= 11 is 0. The van der Waals surface area contributed by atoms with Gasteiger partial charge in [-0.15, -0.1) is 0 Å². The van der Waals surface area contributed by atoms with Crippen LogP contribution in [0.25, 0.3) is 0 Å². The number of sulfonamides is 1. The minimum Gasteiger partial charge on any atom is -0.368 e. The molecular formula is C28H30F3N3O3S. The summed E-state index contributed by atoms with van der Waals surface area (Å²) in [4.78, 5) is 16.7. The normalized spacial score (nSPS) is 14.7. The first-order valence-corrected chi connectivity index (χ1v) is 13.8. The molecule has 0 atom stereocenters. The van der Waals surface area contributed by atoms with Gasteiger partial charge in [0.05, 0.1) is 17.0 Å². The van der Waals surface area contributed by atoms with E-state index in [0.29, 0.717) is 25.2 Å². The summed E-state index contributed by atoms with van der Waals surface area (Å²) < 4.78 is 67.5. The fraction of sp³-hybridized carbons (Fsp3) is 0.321. The summed E-state index contributed by atoms with van der Waals surface area (Å²) in [7, 11) is -3.93. The molecule has 4 rings (SSSR count). The highest BCUT2D eigenvalue weighted by molar-refractivity contribution is 7.89. The molecule has 1 amide bonds. The molecular weight excluding hydrogens is 515 g/mol. The first kappa shape index (κ1) is 27.7. The number of amides is 1. The van der Waals surface area contributed by atoms with E-state index in [1.807, 2.05) is 37.3 Å². The maximum absolute atomic E-state index is 13.5. The first-order valence-electron chi connectivity index (χ1n) is 12.3. The molecule has 1 aliphatic heterocycles. The van der Waals surface area contributed by atoms with Gasteiger partial charge in [-0.3, -0.25) is 4.79 Å². The van der Waals surface area contributed by atoms with Crippen molar-refractivity contribution >= 4 is 21.6 Å². The van der Waals surface area contributed by atoms with E-state index >= 15 is 0 Å². The highest BCUT2D eigenvalue weighted by Gasteiger charge is 2.32. The zero-order valence-corrected chi connectivity index (χ0v) is 21.9. The van der Waals surface area contributed by atoms with Crippen LogP contribution in [0.2, 0.25) is 0 Å². The lowest BCUT2D eigenvalue weighted by molar-refractivity contribution is -0.137. The van der Waals surface area contributed by atoms with Gasteiger partial charge < -0.3 is 9.80 Å². The van der Waals surface area contributed by atoms with E-state index in [-0.39, 0.29) is 37.0 Å². The number of carbonyl (C=O) groups excluding carboxylic acids is 1. The Morgan fingerprint density at radius 2 is 1.55 bits per heavy atom. The van der Waals surface area contributed by atoms with E-state index in [0.717, 1.165) is 23.3 Å². The van der Waals surface area contributed by atoms with Crippen LogP contribution in [0.1, 0.15) is 16.7 Å². The van der Waals surface area contributed by atoms with Crippen molar-refractivity contribution in [2.24, 2.45) is 0 Å². The molecule has 0 aliphatic carbocycles. The molecule has 38 heavy (non-hydrogen) atoms. The molecule has 3 aromatic carbocycles. The monoisotopic (exact) mass is 545 g/mol. The van der Waals surface area contributed by atoms with Crippen molar-refractivity contribution in [3.05, 3.63) is 95.6 Å². The van der Waals surface area contributed by atoms with Gasteiger partial charge in [0.1, 0.15) is 0 Å². The Hall–Kier alpha value is -3.37. The van der Waals surface area contributed by atoms with E-state index in [2.05, 4.69) is 0 Å². The van der Waals surface area contributed by atoms with Crippen LogP contribution in [0.5, 0.6) is 0 Å². The van der Waals surface area contributed by atoms with Gasteiger partial charge in [0.15, 0.2) is 0 Å². The zero-order chi connectivity index (χ0) is 27.3. The summed E-state index contributed by atoms with van der Waals surface area (Å²) in [6.45, 7) is 2.96. The summed E-state index contributed by atoms with van der Waals surface area (Å²) in [6, 6.07) is 21.1. The van der Waals surface area contributed by atoms with Gasteiger partial charge in [0.2, 0.25) is 15.9 Å².